The van der Waals surface area contributed by atoms with Crippen molar-refractivity contribution in [3.8, 4) is 5.75 Å². The number of hydrogen-bond acceptors (Lipinski definition) is 10. The number of benzene rings is 2. The lowest BCUT2D eigenvalue weighted by Crippen LogP contribution is -2.34. The van der Waals surface area contributed by atoms with Gasteiger partial charge in [-0.2, -0.15) is 0 Å². The summed E-state index contributed by atoms with van der Waals surface area (Å²) in [5.41, 5.74) is 0.306. The number of rotatable bonds is 10. The first-order valence-electron chi connectivity index (χ1n) is 11.7. The van der Waals surface area contributed by atoms with E-state index in [2.05, 4.69) is 20.9 Å². The van der Waals surface area contributed by atoms with Crippen LogP contribution in [0.1, 0.15) is 35.6 Å². The number of thioether (sulfide) groups is 2. The average Bonchev–Trinajstić information content (AvgIpc) is 3.25. The van der Waals surface area contributed by atoms with Crippen LogP contribution in [0.3, 0.4) is 0 Å². The smallest absolute Gasteiger partial charge is 0.267 e. The number of phenols is 1. The van der Waals surface area contributed by atoms with Crippen LogP contribution in [0.4, 0.5) is 16.5 Å². The highest BCUT2D eigenvalue weighted by Crippen LogP contribution is 2.36. The maximum Gasteiger partial charge on any atom is 0.267 e. The van der Waals surface area contributed by atoms with E-state index in [-0.39, 0.29) is 43.6 Å². The number of hydrogen-bond donors (Lipinski definition) is 4. The maximum atomic E-state index is 13.4. The zero-order chi connectivity index (χ0) is 29.8. The number of carbonyl (C=O) groups excluding carboxylic acids is 3. The molecule has 4 N–H and O–H groups in total. The fourth-order valence-corrected chi connectivity index (χ4v) is 7.98. The van der Waals surface area contributed by atoms with E-state index in [9.17, 15) is 27.9 Å². The van der Waals surface area contributed by atoms with Crippen LogP contribution < -0.4 is 16.0 Å². The number of amides is 3. The zero-order valence-corrected chi connectivity index (χ0v) is 26.1. The van der Waals surface area contributed by atoms with Crippen LogP contribution in [0.5, 0.6) is 5.75 Å². The normalized spacial score (nSPS) is 12.1. The first kappa shape index (κ1) is 31.7. The third-order valence-electron chi connectivity index (χ3n) is 5.60. The summed E-state index contributed by atoms with van der Waals surface area (Å²) < 4.78 is 26.8. The lowest BCUT2D eigenvalue weighted by molar-refractivity contribution is -0.116. The molecule has 0 spiro atoms. The van der Waals surface area contributed by atoms with Crippen LogP contribution in [-0.2, 0) is 19.4 Å². The highest BCUT2D eigenvalue weighted by Gasteiger charge is 2.33. The van der Waals surface area contributed by atoms with Crippen molar-refractivity contribution in [1.82, 2.24) is 4.98 Å². The fourth-order valence-electron chi connectivity index (χ4n) is 3.66. The lowest BCUT2D eigenvalue weighted by atomic mass is 10.2. The van der Waals surface area contributed by atoms with Gasteiger partial charge >= 0.3 is 0 Å². The molecule has 0 radical (unpaired) electrons. The summed E-state index contributed by atoms with van der Waals surface area (Å²) in [5, 5.41) is 16.9. The van der Waals surface area contributed by atoms with Crippen molar-refractivity contribution in [3.05, 3.63) is 45.9 Å². The van der Waals surface area contributed by atoms with Crippen molar-refractivity contribution in [2.24, 2.45) is 0 Å². The molecule has 40 heavy (non-hydrogen) atoms. The zero-order valence-electron chi connectivity index (χ0n) is 22.1. The summed E-state index contributed by atoms with van der Waals surface area (Å²) in [4.78, 5) is 43.2. The van der Waals surface area contributed by atoms with Crippen LogP contribution in [0.15, 0.2) is 45.0 Å². The Hall–Kier alpha value is -2.78. The van der Waals surface area contributed by atoms with Gasteiger partial charge in [0.05, 0.1) is 27.0 Å². The van der Waals surface area contributed by atoms with Crippen molar-refractivity contribution in [3.63, 3.8) is 0 Å². The number of nitrogens with zero attached hydrogens (tertiary/aromatic N) is 1. The molecule has 0 saturated carbocycles. The second kappa shape index (κ2) is 13.3. The molecule has 0 saturated heterocycles. The SMILES string of the molecule is CCC(C(=O)Nc1cc(O)c(NC(=O)c2sc(NC(C)=O)nc2C)cc1Cl)S(=O)(=O)c1ccc(SC)c(SC)c1. The number of aromatic hydroxyl groups is 1. The van der Waals surface area contributed by atoms with E-state index in [4.69, 9.17) is 11.6 Å². The van der Waals surface area contributed by atoms with E-state index in [1.54, 1.807) is 26.0 Å². The molecule has 214 valence electrons. The van der Waals surface area contributed by atoms with Gasteiger partial charge in [-0.1, -0.05) is 29.9 Å². The molecule has 10 nitrogen and oxygen atoms in total. The number of thiazole rings is 1. The first-order valence-corrected chi connectivity index (χ1v) is 16.9. The number of sulfone groups is 1. The molecule has 2 aromatic carbocycles. The van der Waals surface area contributed by atoms with Crippen LogP contribution >= 0.6 is 46.5 Å². The summed E-state index contributed by atoms with van der Waals surface area (Å²) in [5.74, 6) is -2.15. The Morgan fingerprint density at radius 2 is 1.73 bits per heavy atom. The molecule has 0 bridgehead atoms. The number of halogens is 1. The molecule has 1 unspecified atom stereocenters. The van der Waals surface area contributed by atoms with E-state index >= 15 is 0 Å². The number of nitrogens with one attached hydrogen (secondary N) is 3. The number of aromatic nitrogens is 1. The van der Waals surface area contributed by atoms with Crippen molar-refractivity contribution >= 4 is 90.5 Å². The number of carbonyl (C=O) groups is 3. The Bertz CT molecular complexity index is 1580. The molecule has 0 fully saturated rings. The summed E-state index contributed by atoms with van der Waals surface area (Å²) in [6.07, 6.45) is 3.74. The largest absolute Gasteiger partial charge is 0.506 e. The van der Waals surface area contributed by atoms with Gasteiger partial charge < -0.3 is 21.1 Å². The van der Waals surface area contributed by atoms with E-state index < -0.39 is 32.7 Å². The molecule has 1 aromatic heterocycles. The van der Waals surface area contributed by atoms with Crippen molar-refractivity contribution < 1.29 is 27.9 Å². The fraction of sp³-hybridized carbons (Fsp3) is 0.280. The van der Waals surface area contributed by atoms with Gasteiger partial charge in [-0.25, -0.2) is 13.4 Å². The molecular weight excluding hydrogens is 616 g/mol. The average molecular weight is 643 g/mol. The monoisotopic (exact) mass is 642 g/mol. The van der Waals surface area contributed by atoms with Crippen LogP contribution in [-0.4, -0.2) is 54.0 Å². The molecule has 3 rings (SSSR count). The molecule has 1 atom stereocenters. The second-order valence-electron chi connectivity index (χ2n) is 8.37. The van der Waals surface area contributed by atoms with Crippen molar-refractivity contribution in [2.75, 3.05) is 28.5 Å². The predicted molar refractivity (Wildman–Crippen MR) is 162 cm³/mol. The molecule has 1 heterocycles. The molecular formula is C25H27ClN4O6S4. The molecule has 3 amide bonds. The van der Waals surface area contributed by atoms with Gasteiger partial charge in [-0.15, -0.1) is 23.5 Å². The maximum absolute atomic E-state index is 13.4. The highest BCUT2D eigenvalue weighted by atomic mass is 35.5. The van der Waals surface area contributed by atoms with Gasteiger partial charge in [0.25, 0.3) is 5.91 Å². The summed E-state index contributed by atoms with van der Waals surface area (Å²) in [7, 11) is -4.04. The standard InChI is InChI=1S/C25H27ClN4O6S4/c1-6-21(40(35,36)14-7-8-19(37-4)20(9-14)38-5)23(33)29-16-11-18(32)17(10-15(16)26)30-24(34)22-12(2)27-25(39-22)28-13(3)31/h7-11,21,32H,6H2,1-5H3,(H,29,33)(H,30,34)(H,27,28,31). The molecule has 0 aliphatic rings. The Morgan fingerprint density at radius 3 is 2.33 bits per heavy atom. The first-order chi connectivity index (χ1) is 18.8. The summed E-state index contributed by atoms with van der Waals surface area (Å²) in [6, 6.07) is 7.11. The van der Waals surface area contributed by atoms with E-state index in [0.29, 0.717) is 5.69 Å². The lowest BCUT2D eigenvalue weighted by Gasteiger charge is -2.18. The topological polar surface area (TPSA) is 155 Å². The minimum atomic E-state index is -4.04. The minimum absolute atomic E-state index is 0.000533. The van der Waals surface area contributed by atoms with Gasteiger partial charge in [-0.05, 0) is 50.1 Å². The minimum Gasteiger partial charge on any atom is -0.506 e. The van der Waals surface area contributed by atoms with E-state index in [1.165, 1.54) is 42.6 Å². The summed E-state index contributed by atoms with van der Waals surface area (Å²) in [6.45, 7) is 4.50. The summed E-state index contributed by atoms with van der Waals surface area (Å²) >= 11 is 10.2. The Kier molecular flexibility index (Phi) is 10.5. The Morgan fingerprint density at radius 1 is 1.05 bits per heavy atom. The van der Waals surface area contributed by atoms with Crippen molar-refractivity contribution in [1.29, 1.82) is 0 Å². The van der Waals surface area contributed by atoms with Crippen molar-refractivity contribution in [2.45, 2.75) is 47.1 Å². The molecule has 0 aliphatic heterocycles. The van der Waals surface area contributed by atoms with Crippen LogP contribution in [0, 0.1) is 6.92 Å². The molecule has 15 heteroatoms. The van der Waals surface area contributed by atoms with Gasteiger partial charge in [0.1, 0.15) is 15.9 Å². The third-order valence-corrected chi connectivity index (χ3v) is 10.9. The number of phenolic OH excluding ortho intramolecular Hbond substituents is 1. The van der Waals surface area contributed by atoms with Gasteiger partial charge in [0.15, 0.2) is 15.0 Å². The van der Waals surface area contributed by atoms with Gasteiger partial charge in [0, 0.05) is 22.8 Å². The number of anilines is 3. The molecule has 3 aromatic rings. The quantitative estimate of drug-likeness (QED) is 0.162. The van der Waals surface area contributed by atoms with E-state index in [1.807, 2.05) is 12.5 Å². The van der Waals surface area contributed by atoms with Gasteiger partial charge in [-0.3, -0.25) is 14.4 Å². The Labute approximate surface area is 249 Å². The number of aryl methyl sites for hydroxylation is 1. The van der Waals surface area contributed by atoms with Crippen LogP contribution in [0.25, 0.3) is 0 Å². The van der Waals surface area contributed by atoms with E-state index in [0.717, 1.165) is 27.2 Å². The van der Waals surface area contributed by atoms with Gasteiger partial charge in [0.2, 0.25) is 11.8 Å². The second-order valence-corrected chi connectivity index (χ2v) is 13.6. The Balaban J connectivity index is 1.81. The third kappa shape index (κ3) is 7.10. The van der Waals surface area contributed by atoms with Crippen LogP contribution in [0.2, 0.25) is 5.02 Å². The highest BCUT2D eigenvalue weighted by molar-refractivity contribution is 8.01. The predicted octanol–water partition coefficient (Wildman–Crippen LogP) is 5.66. The molecule has 0 aliphatic carbocycles.